The van der Waals surface area contributed by atoms with Crippen LogP contribution in [0.25, 0.3) is 11.1 Å². The van der Waals surface area contributed by atoms with Gasteiger partial charge in [0.2, 0.25) is 6.41 Å². The topological polar surface area (TPSA) is 68.2 Å². The second kappa shape index (κ2) is 6.79. The van der Waals surface area contributed by atoms with Crippen LogP contribution in [0.2, 0.25) is 5.02 Å². The van der Waals surface area contributed by atoms with Crippen molar-refractivity contribution in [2.45, 2.75) is 18.9 Å². The highest BCUT2D eigenvalue weighted by molar-refractivity contribution is 6.31. The molecule has 2 aromatic rings. The molecule has 1 amide bonds. The van der Waals surface area contributed by atoms with Gasteiger partial charge >= 0.3 is 0 Å². The molecule has 1 N–H and O–H groups in total. The van der Waals surface area contributed by atoms with Crippen LogP contribution in [0.1, 0.15) is 18.2 Å². The lowest BCUT2D eigenvalue weighted by molar-refractivity contribution is -0.119. The van der Waals surface area contributed by atoms with Gasteiger partial charge in [-0.2, -0.15) is 0 Å². The number of pyridine rings is 1. The molecule has 3 rings (SSSR count). The van der Waals surface area contributed by atoms with Gasteiger partial charge in [-0.05, 0) is 42.7 Å². The number of ketones is 1. The normalized spacial score (nSPS) is 15.8. The summed E-state index contributed by atoms with van der Waals surface area (Å²) in [5, 5.41) is 3.10. The number of benzene rings is 1. The Balaban J connectivity index is 2.12. The number of rotatable bonds is 5. The van der Waals surface area contributed by atoms with Gasteiger partial charge < -0.3 is 9.88 Å². The molecule has 1 unspecified atom stereocenters. The van der Waals surface area contributed by atoms with E-state index in [9.17, 15) is 14.4 Å². The Morgan fingerprint density at radius 1 is 1.33 bits per heavy atom. The summed E-state index contributed by atoms with van der Waals surface area (Å²) in [6.07, 6.45) is 1.76. The van der Waals surface area contributed by atoms with E-state index in [2.05, 4.69) is 5.32 Å². The summed E-state index contributed by atoms with van der Waals surface area (Å²) < 4.78 is 1.51. The number of hydrogen-bond donors (Lipinski definition) is 1. The fourth-order valence-corrected chi connectivity index (χ4v) is 3.44. The fourth-order valence-electron chi connectivity index (χ4n) is 3.09. The summed E-state index contributed by atoms with van der Waals surface area (Å²) in [5.41, 5.74) is 2.38. The van der Waals surface area contributed by atoms with E-state index in [1.54, 1.807) is 18.2 Å². The van der Waals surface area contributed by atoms with Crippen LogP contribution < -0.4 is 10.9 Å². The Labute approximate surface area is 148 Å². The van der Waals surface area contributed by atoms with Crippen LogP contribution in [-0.4, -0.2) is 22.6 Å². The van der Waals surface area contributed by atoms with Crippen LogP contribution in [0, 0.1) is 0 Å². The number of amides is 1. The molecule has 1 aliphatic heterocycles. The number of carbonyl (C=O) groups excluding carboxylic acids is 2. The second-order valence-electron chi connectivity index (χ2n) is 5.55. The molecule has 1 atom stereocenters. The highest BCUT2D eigenvalue weighted by atomic mass is 35.5. The van der Waals surface area contributed by atoms with Gasteiger partial charge in [0.25, 0.3) is 5.56 Å². The molecular formula is C17H14Cl2N2O3. The van der Waals surface area contributed by atoms with E-state index < -0.39 is 6.04 Å². The van der Waals surface area contributed by atoms with Gasteiger partial charge in [-0.3, -0.25) is 14.4 Å². The number of aryl methyl sites for hydroxylation is 1. The number of nitrogens with zero attached hydrogens (tertiary/aromatic N) is 1. The van der Waals surface area contributed by atoms with E-state index in [0.717, 1.165) is 5.69 Å². The average molecular weight is 365 g/mol. The Hall–Kier alpha value is -2.11. The molecular weight excluding hydrogens is 351 g/mol. The van der Waals surface area contributed by atoms with Crippen molar-refractivity contribution in [2.75, 3.05) is 11.2 Å². The number of hydrogen-bond acceptors (Lipinski definition) is 3. The SMILES string of the molecule is O=CNc1ccc(Cl)cc1-c1cc2n(c(=O)c1)C(C(=O)CCl)CC2. The van der Waals surface area contributed by atoms with Crippen molar-refractivity contribution < 1.29 is 9.59 Å². The lowest BCUT2D eigenvalue weighted by atomic mass is 10.0. The van der Waals surface area contributed by atoms with Crippen molar-refractivity contribution in [1.82, 2.24) is 4.57 Å². The van der Waals surface area contributed by atoms with Crippen molar-refractivity contribution >= 4 is 41.1 Å². The fraction of sp³-hybridized carbons (Fsp3) is 0.235. The third kappa shape index (κ3) is 2.97. The zero-order valence-electron chi connectivity index (χ0n) is 12.6. The van der Waals surface area contributed by atoms with Crippen LogP contribution >= 0.6 is 23.2 Å². The van der Waals surface area contributed by atoms with Crippen molar-refractivity contribution in [3.63, 3.8) is 0 Å². The van der Waals surface area contributed by atoms with E-state index >= 15 is 0 Å². The highest BCUT2D eigenvalue weighted by Crippen LogP contribution is 2.33. The number of anilines is 1. The number of fused-ring (bicyclic) bond motifs is 1. The maximum Gasteiger partial charge on any atom is 0.252 e. The zero-order chi connectivity index (χ0) is 17.3. The quantitative estimate of drug-likeness (QED) is 0.654. The number of Topliss-reactive ketones (excluding diaryl/α,β-unsaturated/α-hetero) is 1. The van der Waals surface area contributed by atoms with E-state index in [4.69, 9.17) is 23.2 Å². The molecule has 0 bridgehead atoms. The molecule has 0 spiro atoms. The summed E-state index contributed by atoms with van der Waals surface area (Å²) in [4.78, 5) is 35.2. The van der Waals surface area contributed by atoms with Crippen LogP contribution in [0.5, 0.6) is 0 Å². The maximum absolute atomic E-state index is 12.5. The molecule has 0 saturated heterocycles. The Kier molecular flexibility index (Phi) is 4.73. The molecule has 2 heterocycles. The van der Waals surface area contributed by atoms with Crippen molar-refractivity contribution in [3.8, 4) is 11.1 Å². The minimum atomic E-state index is -0.494. The first-order valence-corrected chi connectivity index (χ1v) is 8.30. The van der Waals surface area contributed by atoms with Gasteiger partial charge in [0.1, 0.15) is 0 Å². The summed E-state index contributed by atoms with van der Waals surface area (Å²) in [6.45, 7) is 0. The highest BCUT2D eigenvalue weighted by Gasteiger charge is 2.29. The first-order valence-electron chi connectivity index (χ1n) is 7.39. The second-order valence-corrected chi connectivity index (χ2v) is 6.25. The minimum Gasteiger partial charge on any atom is -0.328 e. The van der Waals surface area contributed by atoms with Gasteiger partial charge in [0.05, 0.1) is 11.9 Å². The minimum absolute atomic E-state index is 0.111. The predicted octanol–water partition coefficient (Wildman–Crippen LogP) is 3.03. The van der Waals surface area contributed by atoms with Crippen molar-refractivity contribution in [3.05, 3.63) is 51.4 Å². The molecule has 7 heteroatoms. The summed E-state index contributed by atoms with van der Waals surface area (Å²) >= 11 is 11.7. The molecule has 1 aromatic heterocycles. The standard InChI is InChI=1S/C17H14Cl2N2O3/c18-8-16(23)15-4-2-12-5-10(6-17(24)21(12)15)13-7-11(19)1-3-14(13)20-9-22/h1,3,5-7,9,15H,2,4,8H2,(H,20,22). The Morgan fingerprint density at radius 2 is 2.12 bits per heavy atom. The summed E-state index contributed by atoms with van der Waals surface area (Å²) in [6, 6.07) is 7.83. The predicted molar refractivity (Wildman–Crippen MR) is 93.9 cm³/mol. The molecule has 24 heavy (non-hydrogen) atoms. The van der Waals surface area contributed by atoms with E-state index in [1.807, 2.05) is 6.07 Å². The van der Waals surface area contributed by atoms with E-state index in [-0.39, 0.29) is 17.2 Å². The lowest BCUT2D eigenvalue weighted by Crippen LogP contribution is -2.28. The van der Waals surface area contributed by atoms with Crippen molar-refractivity contribution in [2.24, 2.45) is 0 Å². The number of nitrogens with one attached hydrogen (secondary N) is 1. The van der Waals surface area contributed by atoms with E-state index in [1.165, 1.54) is 10.6 Å². The average Bonchev–Trinajstić information content (AvgIpc) is 3.00. The van der Waals surface area contributed by atoms with Crippen LogP contribution in [0.3, 0.4) is 0 Å². The number of alkyl halides is 1. The first kappa shape index (κ1) is 16.7. The van der Waals surface area contributed by atoms with Gasteiger partial charge in [-0.15, -0.1) is 11.6 Å². The first-order chi connectivity index (χ1) is 11.5. The Bertz CT molecular complexity index is 877. The molecule has 124 valence electrons. The van der Waals surface area contributed by atoms with Crippen LogP contribution in [0.4, 0.5) is 5.69 Å². The molecule has 0 radical (unpaired) electrons. The monoisotopic (exact) mass is 364 g/mol. The molecule has 0 saturated carbocycles. The maximum atomic E-state index is 12.5. The van der Waals surface area contributed by atoms with E-state index in [0.29, 0.717) is 41.1 Å². The lowest BCUT2D eigenvalue weighted by Gasteiger charge is -2.14. The largest absolute Gasteiger partial charge is 0.328 e. The summed E-state index contributed by atoms with van der Waals surface area (Å²) in [7, 11) is 0. The molecule has 0 aliphatic carbocycles. The van der Waals surface area contributed by atoms with Crippen LogP contribution in [-0.2, 0) is 16.0 Å². The van der Waals surface area contributed by atoms with Crippen LogP contribution in [0.15, 0.2) is 35.1 Å². The third-order valence-corrected chi connectivity index (χ3v) is 4.64. The van der Waals surface area contributed by atoms with Gasteiger partial charge in [-0.25, -0.2) is 0 Å². The smallest absolute Gasteiger partial charge is 0.252 e. The number of carbonyl (C=O) groups is 2. The number of aromatic nitrogens is 1. The Morgan fingerprint density at radius 3 is 2.83 bits per heavy atom. The summed E-state index contributed by atoms with van der Waals surface area (Å²) in [5.74, 6) is -0.267. The molecule has 1 aliphatic rings. The zero-order valence-corrected chi connectivity index (χ0v) is 14.1. The molecule has 0 fully saturated rings. The molecule has 1 aromatic carbocycles. The van der Waals surface area contributed by atoms with Gasteiger partial charge in [-0.1, -0.05) is 11.6 Å². The molecule has 5 nitrogen and oxygen atoms in total. The third-order valence-electron chi connectivity index (χ3n) is 4.14. The van der Waals surface area contributed by atoms with Gasteiger partial charge in [0, 0.05) is 28.0 Å². The number of halogens is 2. The van der Waals surface area contributed by atoms with Crippen molar-refractivity contribution in [1.29, 1.82) is 0 Å². The van der Waals surface area contributed by atoms with Gasteiger partial charge in [0.15, 0.2) is 5.78 Å².